The van der Waals surface area contributed by atoms with E-state index in [2.05, 4.69) is 5.32 Å². The van der Waals surface area contributed by atoms with Gasteiger partial charge in [0, 0.05) is 12.3 Å². The molecule has 0 aliphatic heterocycles. The van der Waals surface area contributed by atoms with Gasteiger partial charge in [-0.15, -0.1) is 0 Å². The van der Waals surface area contributed by atoms with Gasteiger partial charge in [-0.3, -0.25) is 4.79 Å². The number of benzene rings is 1. The first kappa shape index (κ1) is 13.4. The molecule has 19 heavy (non-hydrogen) atoms. The second kappa shape index (κ2) is 6.20. The zero-order valence-electron chi connectivity index (χ0n) is 11.1. The van der Waals surface area contributed by atoms with Crippen LogP contribution in [-0.4, -0.2) is 12.5 Å². The van der Waals surface area contributed by atoms with Gasteiger partial charge in [0.05, 0.1) is 0 Å². The molecule has 0 saturated carbocycles. The van der Waals surface area contributed by atoms with Crippen LogP contribution >= 0.6 is 0 Å². The molecule has 4 heteroatoms. The molecule has 0 aliphatic rings. The Labute approximate surface area is 112 Å². The molecule has 2 aromatic rings. The van der Waals surface area contributed by atoms with Crippen molar-refractivity contribution in [1.82, 2.24) is 0 Å². The molecule has 0 spiro atoms. The van der Waals surface area contributed by atoms with Crippen LogP contribution in [0.2, 0.25) is 0 Å². The summed E-state index contributed by atoms with van der Waals surface area (Å²) in [6.45, 7) is 4.91. The lowest BCUT2D eigenvalue weighted by Crippen LogP contribution is -2.10. The standard InChI is InChI=1S/C15H17NO3/c1-3-18-10-13-8-9-14(19-13)15(17)16-12-6-4-11(2)5-7-12/h4-9H,3,10H2,1-2H3,(H,16,17). The molecule has 0 bridgehead atoms. The number of carbonyl (C=O) groups is 1. The number of ether oxygens (including phenoxy) is 1. The first-order chi connectivity index (χ1) is 9.19. The second-order valence-corrected chi connectivity index (χ2v) is 4.22. The number of hydrogen-bond donors (Lipinski definition) is 1. The van der Waals surface area contributed by atoms with Crippen molar-refractivity contribution in [2.24, 2.45) is 0 Å². The molecule has 100 valence electrons. The summed E-state index contributed by atoms with van der Waals surface area (Å²) in [7, 11) is 0. The van der Waals surface area contributed by atoms with E-state index >= 15 is 0 Å². The number of aryl methyl sites for hydroxylation is 1. The van der Waals surface area contributed by atoms with E-state index in [1.54, 1.807) is 12.1 Å². The summed E-state index contributed by atoms with van der Waals surface area (Å²) < 4.78 is 10.6. The highest BCUT2D eigenvalue weighted by molar-refractivity contribution is 6.02. The molecule has 0 atom stereocenters. The Morgan fingerprint density at radius 1 is 1.21 bits per heavy atom. The van der Waals surface area contributed by atoms with E-state index in [4.69, 9.17) is 9.15 Å². The smallest absolute Gasteiger partial charge is 0.291 e. The van der Waals surface area contributed by atoms with Gasteiger partial charge < -0.3 is 14.5 Å². The average molecular weight is 259 g/mol. The summed E-state index contributed by atoms with van der Waals surface area (Å²) in [6, 6.07) is 11.0. The fraction of sp³-hybridized carbons (Fsp3) is 0.267. The molecule has 0 saturated heterocycles. The summed E-state index contributed by atoms with van der Waals surface area (Å²) in [5, 5.41) is 2.78. The molecule has 1 N–H and O–H groups in total. The Kier molecular flexibility index (Phi) is 4.36. The molecule has 1 aromatic carbocycles. The second-order valence-electron chi connectivity index (χ2n) is 4.22. The number of hydrogen-bond acceptors (Lipinski definition) is 3. The minimum atomic E-state index is -0.258. The van der Waals surface area contributed by atoms with Crippen molar-refractivity contribution < 1.29 is 13.9 Å². The van der Waals surface area contributed by atoms with Gasteiger partial charge in [0.15, 0.2) is 5.76 Å². The van der Waals surface area contributed by atoms with Crippen LogP contribution in [-0.2, 0) is 11.3 Å². The van der Waals surface area contributed by atoms with E-state index in [1.807, 2.05) is 38.1 Å². The van der Waals surface area contributed by atoms with Crippen molar-refractivity contribution in [2.75, 3.05) is 11.9 Å². The van der Waals surface area contributed by atoms with Crippen LogP contribution in [0, 0.1) is 6.92 Å². The van der Waals surface area contributed by atoms with E-state index in [0.717, 1.165) is 11.3 Å². The molecular weight excluding hydrogens is 242 g/mol. The van der Waals surface area contributed by atoms with Crippen molar-refractivity contribution in [3.05, 3.63) is 53.5 Å². The van der Waals surface area contributed by atoms with Crippen molar-refractivity contribution in [3.63, 3.8) is 0 Å². The SMILES string of the molecule is CCOCc1ccc(C(=O)Nc2ccc(C)cc2)o1. The van der Waals surface area contributed by atoms with E-state index < -0.39 is 0 Å². The number of nitrogens with one attached hydrogen (secondary N) is 1. The van der Waals surface area contributed by atoms with Gasteiger partial charge in [0.1, 0.15) is 12.4 Å². The van der Waals surface area contributed by atoms with Crippen molar-refractivity contribution >= 4 is 11.6 Å². The van der Waals surface area contributed by atoms with Gasteiger partial charge in [-0.1, -0.05) is 17.7 Å². The first-order valence-corrected chi connectivity index (χ1v) is 6.23. The Hall–Kier alpha value is -2.07. The fourth-order valence-corrected chi connectivity index (χ4v) is 1.61. The minimum absolute atomic E-state index is 0.258. The molecular formula is C15H17NO3. The quantitative estimate of drug-likeness (QED) is 0.895. The molecule has 4 nitrogen and oxygen atoms in total. The van der Waals surface area contributed by atoms with Crippen LogP contribution in [0.25, 0.3) is 0 Å². The Morgan fingerprint density at radius 2 is 1.95 bits per heavy atom. The lowest BCUT2D eigenvalue weighted by molar-refractivity contribution is 0.0972. The van der Waals surface area contributed by atoms with E-state index in [0.29, 0.717) is 19.0 Å². The number of amides is 1. The third-order valence-electron chi connectivity index (χ3n) is 2.64. The largest absolute Gasteiger partial charge is 0.453 e. The molecule has 2 rings (SSSR count). The number of carbonyl (C=O) groups excluding carboxylic acids is 1. The summed E-state index contributed by atoms with van der Waals surface area (Å²) in [5.41, 5.74) is 1.90. The molecule has 0 unspecified atom stereocenters. The molecule has 0 aliphatic carbocycles. The molecule has 1 aromatic heterocycles. The van der Waals surface area contributed by atoms with Gasteiger partial charge in [-0.2, -0.15) is 0 Å². The molecule has 1 heterocycles. The van der Waals surface area contributed by atoms with Gasteiger partial charge in [-0.05, 0) is 38.1 Å². The van der Waals surface area contributed by atoms with E-state index in [-0.39, 0.29) is 11.7 Å². The zero-order chi connectivity index (χ0) is 13.7. The summed E-state index contributed by atoms with van der Waals surface area (Å²) in [5.74, 6) is 0.679. The number of rotatable bonds is 5. The van der Waals surface area contributed by atoms with Crippen LogP contribution in [0.4, 0.5) is 5.69 Å². The van der Waals surface area contributed by atoms with Crippen LogP contribution in [0.1, 0.15) is 28.8 Å². The maximum Gasteiger partial charge on any atom is 0.291 e. The first-order valence-electron chi connectivity index (χ1n) is 6.23. The fourth-order valence-electron chi connectivity index (χ4n) is 1.61. The number of anilines is 1. The monoisotopic (exact) mass is 259 g/mol. The Balaban J connectivity index is 1.99. The lowest BCUT2D eigenvalue weighted by Gasteiger charge is -2.03. The highest BCUT2D eigenvalue weighted by atomic mass is 16.5. The zero-order valence-corrected chi connectivity index (χ0v) is 11.1. The molecule has 0 fully saturated rings. The van der Waals surface area contributed by atoms with Crippen molar-refractivity contribution in [1.29, 1.82) is 0 Å². The topological polar surface area (TPSA) is 51.5 Å². The van der Waals surface area contributed by atoms with E-state index in [9.17, 15) is 4.79 Å². The summed E-state index contributed by atoms with van der Waals surface area (Å²) in [6.07, 6.45) is 0. The molecule has 0 radical (unpaired) electrons. The minimum Gasteiger partial charge on any atom is -0.453 e. The van der Waals surface area contributed by atoms with Crippen LogP contribution in [0.15, 0.2) is 40.8 Å². The highest BCUT2D eigenvalue weighted by Gasteiger charge is 2.11. The number of furan rings is 1. The normalized spacial score (nSPS) is 10.4. The average Bonchev–Trinajstić information content (AvgIpc) is 2.88. The van der Waals surface area contributed by atoms with Crippen LogP contribution in [0.3, 0.4) is 0 Å². The van der Waals surface area contributed by atoms with Gasteiger partial charge >= 0.3 is 0 Å². The lowest BCUT2D eigenvalue weighted by atomic mass is 10.2. The van der Waals surface area contributed by atoms with Crippen LogP contribution < -0.4 is 5.32 Å². The van der Waals surface area contributed by atoms with Gasteiger partial charge in [0.2, 0.25) is 0 Å². The third kappa shape index (κ3) is 3.69. The predicted molar refractivity (Wildman–Crippen MR) is 73.2 cm³/mol. The summed E-state index contributed by atoms with van der Waals surface area (Å²) >= 11 is 0. The van der Waals surface area contributed by atoms with Gasteiger partial charge in [0.25, 0.3) is 5.91 Å². The summed E-state index contributed by atoms with van der Waals surface area (Å²) in [4.78, 5) is 11.9. The maximum absolute atomic E-state index is 11.9. The van der Waals surface area contributed by atoms with Gasteiger partial charge in [-0.25, -0.2) is 0 Å². The van der Waals surface area contributed by atoms with Crippen LogP contribution in [0.5, 0.6) is 0 Å². The molecule has 1 amide bonds. The van der Waals surface area contributed by atoms with Crippen molar-refractivity contribution in [3.8, 4) is 0 Å². The third-order valence-corrected chi connectivity index (χ3v) is 2.64. The van der Waals surface area contributed by atoms with Crippen molar-refractivity contribution in [2.45, 2.75) is 20.5 Å². The predicted octanol–water partition coefficient (Wildman–Crippen LogP) is 3.38. The Morgan fingerprint density at radius 3 is 2.63 bits per heavy atom. The highest BCUT2D eigenvalue weighted by Crippen LogP contribution is 2.13. The Bertz CT molecular complexity index is 543. The van der Waals surface area contributed by atoms with E-state index in [1.165, 1.54) is 0 Å². The maximum atomic E-state index is 11.9.